The summed E-state index contributed by atoms with van der Waals surface area (Å²) in [5.41, 5.74) is -0.920. The topological polar surface area (TPSA) is 76.0 Å². The van der Waals surface area contributed by atoms with E-state index in [4.69, 9.17) is 0 Å². The van der Waals surface area contributed by atoms with Crippen molar-refractivity contribution in [2.45, 2.75) is 0 Å². The molecule has 5 nitrogen and oxygen atoms in total. The van der Waals surface area contributed by atoms with Gasteiger partial charge in [-0.3, -0.25) is 15.0 Å². The summed E-state index contributed by atoms with van der Waals surface area (Å²) in [6.07, 6.45) is 3.89. The minimum Gasteiger partial charge on any atom is -0.519 e. The molecule has 0 spiro atoms. The van der Waals surface area contributed by atoms with Crippen LogP contribution in [0, 0.1) is 29.3 Å². The standard InChI is InChI=1S/C28H14F4N3O2.Ir/c29-15-9-18(26(21(31)11-15)23-5-1-3-7-33-23)17-13-25(28(36)37)35-14-20(17)19-10-16(30)12-22(32)27(19)24-6-2-4-8-34-24;/h1-12,14H,(H,36,37);/q-1;. The average molecular weight is 693 g/mol. The van der Waals surface area contributed by atoms with Gasteiger partial charge in [0.15, 0.2) is 0 Å². The number of benzene rings is 2. The third-order valence-corrected chi connectivity index (χ3v) is 5.55. The zero-order chi connectivity index (χ0) is 26.1. The molecular formula is C28H14F4IrN3O2-. The fourth-order valence-corrected chi connectivity index (χ4v) is 4.04. The second-order valence-electron chi connectivity index (χ2n) is 7.88. The normalized spacial score (nSPS) is 10.6. The second-order valence-corrected chi connectivity index (χ2v) is 7.88. The Bertz CT molecular complexity index is 1650. The Balaban J connectivity index is 0.00000336. The van der Waals surface area contributed by atoms with Crippen LogP contribution in [0.2, 0.25) is 0 Å². The minimum atomic E-state index is -1.46. The van der Waals surface area contributed by atoms with Crippen LogP contribution in [-0.2, 0) is 20.1 Å². The zero-order valence-electron chi connectivity index (χ0n) is 19.0. The van der Waals surface area contributed by atoms with Crippen molar-refractivity contribution in [1.82, 2.24) is 15.0 Å². The second kappa shape index (κ2) is 11.0. The molecule has 0 fully saturated rings. The van der Waals surface area contributed by atoms with E-state index in [1.54, 1.807) is 24.3 Å². The van der Waals surface area contributed by atoms with Crippen LogP contribution in [0.5, 0.6) is 0 Å². The molecule has 0 aliphatic heterocycles. The third kappa shape index (κ3) is 5.09. The van der Waals surface area contributed by atoms with Crippen LogP contribution >= 0.6 is 0 Å². The summed E-state index contributed by atoms with van der Waals surface area (Å²) < 4.78 is 59.4. The summed E-state index contributed by atoms with van der Waals surface area (Å²) >= 11 is 0. The Kier molecular flexibility index (Phi) is 7.75. The summed E-state index contributed by atoms with van der Waals surface area (Å²) in [5.74, 6) is -5.28. The van der Waals surface area contributed by atoms with E-state index in [0.29, 0.717) is 12.1 Å². The molecule has 38 heavy (non-hydrogen) atoms. The van der Waals surface area contributed by atoms with Gasteiger partial charge in [-0.25, -0.2) is 17.6 Å². The van der Waals surface area contributed by atoms with E-state index >= 15 is 8.78 Å². The van der Waals surface area contributed by atoms with E-state index in [1.165, 1.54) is 24.5 Å². The number of carboxylic acid groups (broad SMARTS) is 1. The first-order chi connectivity index (χ1) is 17.8. The zero-order valence-corrected chi connectivity index (χ0v) is 21.4. The molecule has 2 aromatic carbocycles. The Morgan fingerprint density at radius 3 is 1.74 bits per heavy atom. The van der Waals surface area contributed by atoms with E-state index in [9.17, 15) is 18.7 Å². The molecule has 0 saturated carbocycles. The summed E-state index contributed by atoms with van der Waals surface area (Å²) in [4.78, 5) is 23.9. The molecule has 191 valence electrons. The molecule has 0 aliphatic rings. The monoisotopic (exact) mass is 693 g/mol. The van der Waals surface area contributed by atoms with Crippen LogP contribution in [0.3, 0.4) is 0 Å². The number of hydrogen-bond acceptors (Lipinski definition) is 4. The van der Waals surface area contributed by atoms with Crippen molar-refractivity contribution in [3.05, 3.63) is 114 Å². The van der Waals surface area contributed by atoms with Crippen LogP contribution in [0.1, 0.15) is 10.5 Å². The molecule has 5 aromatic rings. The Morgan fingerprint density at radius 1 is 0.711 bits per heavy atom. The first-order valence-corrected chi connectivity index (χ1v) is 10.8. The van der Waals surface area contributed by atoms with Crippen LogP contribution in [-0.4, -0.2) is 26.0 Å². The van der Waals surface area contributed by atoms with Gasteiger partial charge in [-0.15, -0.1) is 11.6 Å². The Labute approximate surface area is 227 Å². The molecule has 0 unspecified atom stereocenters. The van der Waals surface area contributed by atoms with Gasteiger partial charge in [0.1, 0.15) is 23.3 Å². The third-order valence-electron chi connectivity index (χ3n) is 5.55. The number of carboxylic acids is 1. The van der Waals surface area contributed by atoms with Gasteiger partial charge in [0, 0.05) is 55.8 Å². The van der Waals surface area contributed by atoms with E-state index in [2.05, 4.69) is 21.0 Å². The number of rotatable bonds is 5. The van der Waals surface area contributed by atoms with Crippen molar-refractivity contribution in [2.24, 2.45) is 0 Å². The van der Waals surface area contributed by atoms with Gasteiger partial charge in [0.25, 0.3) is 5.97 Å². The van der Waals surface area contributed by atoms with Gasteiger partial charge < -0.3 is 9.90 Å². The van der Waals surface area contributed by atoms with Crippen molar-refractivity contribution in [1.29, 1.82) is 0 Å². The molecular weight excluding hydrogens is 679 g/mol. The molecule has 1 N–H and O–H groups in total. The first kappa shape index (κ1) is 26.8. The van der Waals surface area contributed by atoms with Crippen LogP contribution in [0.15, 0.2) is 79.3 Å². The van der Waals surface area contributed by atoms with E-state index in [0.717, 1.165) is 18.3 Å². The number of carbonyl (C=O) groups is 1. The predicted octanol–water partition coefficient (Wildman–Crippen LogP) is 6.59. The fourth-order valence-electron chi connectivity index (χ4n) is 4.04. The van der Waals surface area contributed by atoms with Crippen molar-refractivity contribution < 1.29 is 47.6 Å². The number of aromatic nitrogens is 3. The number of halogens is 4. The van der Waals surface area contributed by atoms with E-state index in [-0.39, 0.29) is 64.9 Å². The van der Waals surface area contributed by atoms with Crippen LogP contribution < -0.4 is 0 Å². The number of aromatic carboxylic acids is 1. The summed E-state index contributed by atoms with van der Waals surface area (Å²) in [5, 5.41) is 9.55. The van der Waals surface area contributed by atoms with Crippen LogP contribution in [0.4, 0.5) is 17.6 Å². The average Bonchev–Trinajstić information content (AvgIpc) is 2.88. The molecule has 0 saturated heterocycles. The van der Waals surface area contributed by atoms with E-state index < -0.39 is 34.9 Å². The SMILES string of the molecule is O=C(O)c1[c-]c(-c2cc(F)cc(F)c2-c2ccccn2)c(-c2cc(F)cc(F)c2-c2ccccn2)cn1.[Ir]. The van der Waals surface area contributed by atoms with Crippen molar-refractivity contribution >= 4 is 5.97 Å². The van der Waals surface area contributed by atoms with Gasteiger partial charge in [-0.05, 0) is 42.1 Å². The number of nitrogens with zero attached hydrogens (tertiary/aromatic N) is 3. The molecule has 0 aliphatic carbocycles. The first-order valence-electron chi connectivity index (χ1n) is 10.8. The molecule has 5 rings (SSSR count). The maximum Gasteiger partial charge on any atom is 0.275 e. The van der Waals surface area contributed by atoms with Gasteiger partial charge >= 0.3 is 0 Å². The fraction of sp³-hybridized carbons (Fsp3) is 0. The molecule has 0 amide bonds. The maximum atomic E-state index is 15.2. The Morgan fingerprint density at radius 2 is 1.24 bits per heavy atom. The Hall–Kier alpha value is -4.27. The van der Waals surface area contributed by atoms with Gasteiger partial charge in [-0.2, -0.15) is 0 Å². The summed E-state index contributed by atoms with van der Waals surface area (Å²) in [6.45, 7) is 0. The quantitative estimate of drug-likeness (QED) is 0.166. The number of hydrogen-bond donors (Lipinski definition) is 1. The van der Waals surface area contributed by atoms with Gasteiger partial charge in [0.2, 0.25) is 0 Å². The van der Waals surface area contributed by atoms with Gasteiger partial charge in [-0.1, -0.05) is 29.3 Å². The van der Waals surface area contributed by atoms with Crippen LogP contribution in [0.25, 0.3) is 44.8 Å². The smallest absolute Gasteiger partial charge is 0.275 e. The molecule has 3 heterocycles. The van der Waals surface area contributed by atoms with Crippen molar-refractivity contribution in [2.75, 3.05) is 0 Å². The van der Waals surface area contributed by atoms with Crippen molar-refractivity contribution in [3.63, 3.8) is 0 Å². The molecule has 3 aromatic heterocycles. The minimum absolute atomic E-state index is 0. The van der Waals surface area contributed by atoms with E-state index in [1.807, 2.05) is 0 Å². The summed E-state index contributed by atoms with van der Waals surface area (Å²) in [7, 11) is 0. The molecule has 0 atom stereocenters. The molecule has 1 radical (unpaired) electrons. The maximum absolute atomic E-state index is 15.2. The van der Waals surface area contributed by atoms with Crippen molar-refractivity contribution in [3.8, 4) is 44.8 Å². The largest absolute Gasteiger partial charge is 0.519 e. The molecule has 0 bridgehead atoms. The summed E-state index contributed by atoms with van der Waals surface area (Å²) in [6, 6.07) is 15.3. The molecule has 10 heteroatoms. The van der Waals surface area contributed by atoms with Gasteiger partial charge in [0.05, 0.1) is 17.1 Å². The predicted molar refractivity (Wildman–Crippen MR) is 127 cm³/mol. The number of pyridine rings is 3.